The van der Waals surface area contributed by atoms with Gasteiger partial charge in [-0.25, -0.2) is 13.4 Å². The molecule has 3 heterocycles. The van der Waals surface area contributed by atoms with Crippen LogP contribution >= 0.6 is 0 Å². The molecule has 0 aromatic carbocycles. The number of piperazine rings is 1. The molecule has 6 nitrogen and oxygen atoms in total. The first-order valence-electron chi connectivity index (χ1n) is 7.74. The van der Waals surface area contributed by atoms with E-state index < -0.39 is 21.7 Å². The fourth-order valence-corrected chi connectivity index (χ4v) is 5.04. The molecule has 0 spiro atoms. The van der Waals surface area contributed by atoms with Gasteiger partial charge in [0.05, 0.1) is 17.4 Å². The van der Waals surface area contributed by atoms with Crippen molar-refractivity contribution in [1.82, 2.24) is 9.88 Å². The zero-order chi connectivity index (χ0) is 16.6. The van der Waals surface area contributed by atoms with Crippen LogP contribution in [0.2, 0.25) is 0 Å². The van der Waals surface area contributed by atoms with Crippen molar-refractivity contribution in [2.24, 2.45) is 5.92 Å². The molecule has 2 atom stereocenters. The molecule has 23 heavy (non-hydrogen) atoms. The van der Waals surface area contributed by atoms with Crippen LogP contribution in [0.25, 0.3) is 0 Å². The number of rotatable bonds is 2. The SMILES string of the molecule is CC1CN(C(=O)C2CCS(=O)(=O)C2)CCN1c1cccc(F)n1. The second kappa shape index (κ2) is 6.07. The number of pyridine rings is 1. The van der Waals surface area contributed by atoms with Crippen molar-refractivity contribution in [3.05, 3.63) is 24.1 Å². The van der Waals surface area contributed by atoms with Crippen molar-refractivity contribution in [2.75, 3.05) is 36.0 Å². The van der Waals surface area contributed by atoms with Crippen molar-refractivity contribution >= 4 is 21.6 Å². The van der Waals surface area contributed by atoms with E-state index in [0.29, 0.717) is 31.9 Å². The van der Waals surface area contributed by atoms with Gasteiger partial charge in [0, 0.05) is 25.7 Å². The van der Waals surface area contributed by atoms with Crippen molar-refractivity contribution in [3.63, 3.8) is 0 Å². The summed E-state index contributed by atoms with van der Waals surface area (Å²) < 4.78 is 36.3. The van der Waals surface area contributed by atoms with Gasteiger partial charge in [0.15, 0.2) is 9.84 Å². The summed E-state index contributed by atoms with van der Waals surface area (Å²) in [4.78, 5) is 20.1. The molecule has 3 rings (SSSR count). The molecule has 1 aromatic rings. The molecule has 0 aliphatic carbocycles. The molecule has 2 aliphatic heterocycles. The smallest absolute Gasteiger partial charge is 0.226 e. The Hall–Kier alpha value is -1.70. The Morgan fingerprint density at radius 2 is 2.13 bits per heavy atom. The van der Waals surface area contributed by atoms with Crippen LogP contribution in [0.5, 0.6) is 0 Å². The minimum atomic E-state index is -3.06. The third kappa shape index (κ3) is 3.46. The lowest BCUT2D eigenvalue weighted by Gasteiger charge is -2.41. The molecule has 2 fully saturated rings. The maximum absolute atomic E-state index is 13.3. The maximum atomic E-state index is 13.3. The van der Waals surface area contributed by atoms with Gasteiger partial charge in [0.1, 0.15) is 5.82 Å². The first-order valence-corrected chi connectivity index (χ1v) is 9.56. The van der Waals surface area contributed by atoms with E-state index >= 15 is 0 Å². The summed E-state index contributed by atoms with van der Waals surface area (Å²) in [5.41, 5.74) is 0. The quantitative estimate of drug-likeness (QED) is 0.741. The highest BCUT2D eigenvalue weighted by atomic mass is 32.2. The molecule has 1 amide bonds. The maximum Gasteiger partial charge on any atom is 0.226 e. The van der Waals surface area contributed by atoms with Gasteiger partial charge in [-0.1, -0.05) is 6.07 Å². The first-order chi connectivity index (χ1) is 10.9. The van der Waals surface area contributed by atoms with Gasteiger partial charge >= 0.3 is 0 Å². The molecule has 2 unspecified atom stereocenters. The summed E-state index contributed by atoms with van der Waals surface area (Å²) in [5.74, 6) is -0.383. The number of amides is 1. The highest BCUT2D eigenvalue weighted by Gasteiger charge is 2.37. The van der Waals surface area contributed by atoms with E-state index in [2.05, 4.69) is 4.98 Å². The van der Waals surface area contributed by atoms with Gasteiger partial charge < -0.3 is 9.80 Å². The van der Waals surface area contributed by atoms with E-state index in [-0.39, 0.29) is 23.5 Å². The lowest BCUT2D eigenvalue weighted by Crippen LogP contribution is -2.55. The molecular formula is C15H20FN3O3S. The third-order valence-corrected chi connectivity index (χ3v) is 6.28. The zero-order valence-corrected chi connectivity index (χ0v) is 13.8. The standard InChI is InChI=1S/C15H20FN3O3S/c1-11-9-18(15(20)12-5-8-23(21,22)10-12)6-7-19(11)14-4-2-3-13(16)17-14/h2-4,11-12H,5-10H2,1H3. The molecule has 2 saturated heterocycles. The Balaban J connectivity index is 1.65. The second-order valence-corrected chi connectivity index (χ2v) is 8.47. The van der Waals surface area contributed by atoms with Crippen LogP contribution in [-0.2, 0) is 14.6 Å². The fraction of sp³-hybridized carbons (Fsp3) is 0.600. The van der Waals surface area contributed by atoms with E-state index in [1.165, 1.54) is 6.07 Å². The topological polar surface area (TPSA) is 70.6 Å². The van der Waals surface area contributed by atoms with Crippen LogP contribution in [0.1, 0.15) is 13.3 Å². The van der Waals surface area contributed by atoms with E-state index in [0.717, 1.165) is 0 Å². The van der Waals surface area contributed by atoms with E-state index in [1.807, 2.05) is 11.8 Å². The summed E-state index contributed by atoms with van der Waals surface area (Å²) in [7, 11) is -3.06. The van der Waals surface area contributed by atoms with Gasteiger partial charge in [-0.05, 0) is 25.5 Å². The predicted octanol–water partition coefficient (Wildman–Crippen LogP) is 0.693. The number of hydrogen-bond donors (Lipinski definition) is 0. The number of carbonyl (C=O) groups excluding carboxylic acids is 1. The van der Waals surface area contributed by atoms with E-state index in [9.17, 15) is 17.6 Å². The van der Waals surface area contributed by atoms with Crippen LogP contribution in [0.15, 0.2) is 18.2 Å². The van der Waals surface area contributed by atoms with Crippen molar-refractivity contribution in [2.45, 2.75) is 19.4 Å². The highest BCUT2D eigenvalue weighted by Crippen LogP contribution is 2.24. The lowest BCUT2D eigenvalue weighted by atomic mass is 10.1. The minimum Gasteiger partial charge on any atom is -0.350 e. The highest BCUT2D eigenvalue weighted by molar-refractivity contribution is 7.91. The zero-order valence-electron chi connectivity index (χ0n) is 13.0. The number of halogens is 1. The van der Waals surface area contributed by atoms with Crippen LogP contribution in [0.3, 0.4) is 0 Å². The van der Waals surface area contributed by atoms with Crippen LogP contribution < -0.4 is 4.90 Å². The molecule has 0 bridgehead atoms. The van der Waals surface area contributed by atoms with Crippen LogP contribution in [-0.4, -0.2) is 61.4 Å². The Bertz CT molecular complexity index is 710. The summed E-state index contributed by atoms with van der Waals surface area (Å²) in [6, 6.07) is 4.67. The van der Waals surface area contributed by atoms with Gasteiger partial charge in [-0.15, -0.1) is 0 Å². The minimum absolute atomic E-state index is 0.00000945. The molecule has 0 saturated carbocycles. The van der Waals surface area contributed by atoms with Gasteiger partial charge in [0.25, 0.3) is 0 Å². The molecule has 8 heteroatoms. The summed E-state index contributed by atoms with van der Waals surface area (Å²) >= 11 is 0. The molecule has 1 aromatic heterocycles. The molecule has 126 valence electrons. The number of aromatic nitrogens is 1. The Morgan fingerprint density at radius 3 is 2.74 bits per heavy atom. The largest absolute Gasteiger partial charge is 0.350 e. The monoisotopic (exact) mass is 341 g/mol. The van der Waals surface area contributed by atoms with E-state index in [4.69, 9.17) is 0 Å². The second-order valence-electron chi connectivity index (χ2n) is 6.25. The molecule has 2 aliphatic rings. The Morgan fingerprint density at radius 1 is 1.35 bits per heavy atom. The Labute approximate surface area is 135 Å². The van der Waals surface area contributed by atoms with E-state index in [1.54, 1.807) is 17.0 Å². The van der Waals surface area contributed by atoms with Gasteiger partial charge in [-0.2, -0.15) is 4.39 Å². The van der Waals surface area contributed by atoms with Crippen LogP contribution in [0.4, 0.5) is 10.2 Å². The fourth-order valence-electron chi connectivity index (χ4n) is 3.30. The van der Waals surface area contributed by atoms with Crippen LogP contribution in [0, 0.1) is 11.9 Å². The van der Waals surface area contributed by atoms with Gasteiger partial charge in [-0.3, -0.25) is 4.79 Å². The third-order valence-electron chi connectivity index (χ3n) is 4.52. The Kier molecular flexibility index (Phi) is 4.27. The average molecular weight is 341 g/mol. The number of carbonyl (C=O) groups is 1. The number of nitrogens with zero attached hydrogens (tertiary/aromatic N) is 3. The van der Waals surface area contributed by atoms with Crippen molar-refractivity contribution in [3.8, 4) is 0 Å². The lowest BCUT2D eigenvalue weighted by molar-refractivity contribution is -0.135. The predicted molar refractivity (Wildman–Crippen MR) is 84.3 cm³/mol. The summed E-state index contributed by atoms with van der Waals surface area (Å²) in [5, 5.41) is 0. The number of hydrogen-bond acceptors (Lipinski definition) is 5. The summed E-state index contributed by atoms with van der Waals surface area (Å²) in [6.07, 6.45) is 0.418. The van der Waals surface area contributed by atoms with Crippen molar-refractivity contribution < 1.29 is 17.6 Å². The summed E-state index contributed by atoms with van der Waals surface area (Å²) in [6.45, 7) is 3.51. The van der Waals surface area contributed by atoms with Crippen molar-refractivity contribution in [1.29, 1.82) is 0 Å². The molecular weight excluding hydrogens is 321 g/mol. The van der Waals surface area contributed by atoms with Gasteiger partial charge in [0.2, 0.25) is 11.9 Å². The normalized spacial score (nSPS) is 27.2. The molecule has 0 radical (unpaired) electrons. The average Bonchev–Trinajstić information content (AvgIpc) is 2.86. The molecule has 0 N–H and O–H groups in total. The first kappa shape index (κ1) is 16.2. The number of anilines is 1. The number of sulfone groups is 1.